The number of piperidine rings is 1. The lowest BCUT2D eigenvalue weighted by atomic mass is 9.98. The van der Waals surface area contributed by atoms with Crippen LogP contribution in [0.1, 0.15) is 24.0 Å². The average molecular weight is 267 g/mol. The third-order valence-corrected chi connectivity index (χ3v) is 3.65. The van der Waals surface area contributed by atoms with Crippen LogP contribution in [0.2, 0.25) is 5.02 Å². The molecule has 1 aliphatic heterocycles. The molecule has 4 heteroatoms. The predicted octanol–water partition coefficient (Wildman–Crippen LogP) is 2.89. The minimum Gasteiger partial charge on any atom is -0.324 e. The Kier molecular flexibility index (Phi) is 4.25. The maximum atomic E-state index is 12.1. The molecular formula is C14H19ClN2O. The summed E-state index contributed by atoms with van der Waals surface area (Å²) >= 11 is 6.19. The molecule has 0 radical (unpaired) electrons. The molecule has 1 amide bonds. The molecule has 1 aromatic carbocycles. The maximum absolute atomic E-state index is 12.1. The average Bonchev–Trinajstić information content (AvgIpc) is 2.34. The van der Waals surface area contributed by atoms with Gasteiger partial charge in [-0.05, 0) is 50.4 Å². The van der Waals surface area contributed by atoms with Crippen molar-refractivity contribution in [1.29, 1.82) is 0 Å². The fraction of sp³-hybridized carbons (Fsp3) is 0.500. The number of nitrogens with one attached hydrogen (secondary N) is 2. The monoisotopic (exact) mass is 266 g/mol. The summed E-state index contributed by atoms with van der Waals surface area (Å²) in [5.74, 6) is 0.117. The SMILES string of the molecule is Cc1cc(C)c(NC(=O)C2CCCNC2)c(Cl)c1. The van der Waals surface area contributed by atoms with Crippen molar-refractivity contribution < 1.29 is 4.79 Å². The highest BCUT2D eigenvalue weighted by molar-refractivity contribution is 6.34. The van der Waals surface area contributed by atoms with E-state index in [0.29, 0.717) is 5.02 Å². The minimum atomic E-state index is 0.0514. The quantitative estimate of drug-likeness (QED) is 0.864. The second-order valence-corrected chi connectivity index (χ2v) is 5.38. The molecule has 1 heterocycles. The lowest BCUT2D eigenvalue weighted by Gasteiger charge is -2.22. The summed E-state index contributed by atoms with van der Waals surface area (Å²) in [6, 6.07) is 3.91. The van der Waals surface area contributed by atoms with Crippen LogP contribution in [0.15, 0.2) is 12.1 Å². The summed E-state index contributed by atoms with van der Waals surface area (Å²) in [4.78, 5) is 12.1. The molecule has 1 atom stereocenters. The summed E-state index contributed by atoms with van der Waals surface area (Å²) in [5.41, 5.74) is 2.87. The van der Waals surface area contributed by atoms with E-state index in [1.807, 2.05) is 26.0 Å². The molecule has 0 aliphatic carbocycles. The second-order valence-electron chi connectivity index (χ2n) is 4.97. The fourth-order valence-corrected chi connectivity index (χ4v) is 2.74. The molecule has 1 unspecified atom stereocenters. The summed E-state index contributed by atoms with van der Waals surface area (Å²) in [6.45, 7) is 5.73. The van der Waals surface area contributed by atoms with Gasteiger partial charge in [0.15, 0.2) is 0 Å². The van der Waals surface area contributed by atoms with Crippen LogP contribution >= 0.6 is 11.6 Å². The molecule has 0 saturated carbocycles. The van der Waals surface area contributed by atoms with E-state index in [4.69, 9.17) is 11.6 Å². The standard InChI is InChI=1S/C14H19ClN2O/c1-9-6-10(2)13(12(15)7-9)17-14(18)11-4-3-5-16-8-11/h6-7,11,16H,3-5,8H2,1-2H3,(H,17,18). The van der Waals surface area contributed by atoms with Crippen molar-refractivity contribution in [2.45, 2.75) is 26.7 Å². The zero-order chi connectivity index (χ0) is 13.1. The Bertz CT molecular complexity index is 430. The van der Waals surface area contributed by atoms with Crippen molar-refractivity contribution in [3.8, 4) is 0 Å². The van der Waals surface area contributed by atoms with Crippen LogP contribution in [0.3, 0.4) is 0 Å². The van der Waals surface area contributed by atoms with Gasteiger partial charge in [0.2, 0.25) is 5.91 Å². The first kappa shape index (κ1) is 13.4. The van der Waals surface area contributed by atoms with Gasteiger partial charge < -0.3 is 10.6 Å². The Balaban J connectivity index is 2.11. The number of benzene rings is 1. The van der Waals surface area contributed by atoms with Crippen LogP contribution < -0.4 is 10.6 Å². The number of rotatable bonds is 2. The Hall–Kier alpha value is -1.06. The molecule has 1 saturated heterocycles. The molecule has 2 N–H and O–H groups in total. The highest BCUT2D eigenvalue weighted by Gasteiger charge is 2.22. The van der Waals surface area contributed by atoms with Gasteiger partial charge in [0, 0.05) is 6.54 Å². The van der Waals surface area contributed by atoms with Crippen LogP contribution in [0.25, 0.3) is 0 Å². The summed E-state index contributed by atoms with van der Waals surface area (Å²) in [7, 11) is 0. The number of hydrogen-bond donors (Lipinski definition) is 2. The molecule has 18 heavy (non-hydrogen) atoms. The van der Waals surface area contributed by atoms with E-state index in [1.54, 1.807) is 0 Å². The third kappa shape index (κ3) is 3.03. The van der Waals surface area contributed by atoms with E-state index in [1.165, 1.54) is 0 Å². The van der Waals surface area contributed by atoms with Crippen molar-refractivity contribution in [1.82, 2.24) is 5.32 Å². The van der Waals surface area contributed by atoms with Crippen molar-refractivity contribution in [3.05, 3.63) is 28.3 Å². The first-order valence-electron chi connectivity index (χ1n) is 6.36. The van der Waals surface area contributed by atoms with Crippen molar-refractivity contribution in [3.63, 3.8) is 0 Å². The number of anilines is 1. The molecule has 2 rings (SSSR count). The molecule has 3 nitrogen and oxygen atoms in total. The van der Waals surface area contributed by atoms with E-state index in [-0.39, 0.29) is 11.8 Å². The molecule has 1 aromatic rings. The van der Waals surface area contributed by atoms with Crippen LogP contribution in [-0.2, 0) is 4.79 Å². The molecule has 0 spiro atoms. The zero-order valence-corrected chi connectivity index (χ0v) is 11.6. The molecule has 1 aliphatic rings. The van der Waals surface area contributed by atoms with Gasteiger partial charge >= 0.3 is 0 Å². The van der Waals surface area contributed by atoms with Gasteiger partial charge in [0.1, 0.15) is 0 Å². The Morgan fingerprint density at radius 2 is 2.22 bits per heavy atom. The fourth-order valence-electron chi connectivity index (χ4n) is 2.37. The number of amides is 1. The van der Waals surface area contributed by atoms with E-state index >= 15 is 0 Å². The molecule has 0 bridgehead atoms. The smallest absolute Gasteiger partial charge is 0.228 e. The first-order chi connectivity index (χ1) is 8.58. The van der Waals surface area contributed by atoms with Crippen molar-refractivity contribution in [2.75, 3.05) is 18.4 Å². The Morgan fingerprint density at radius 3 is 2.83 bits per heavy atom. The van der Waals surface area contributed by atoms with Gasteiger partial charge in [-0.3, -0.25) is 4.79 Å². The van der Waals surface area contributed by atoms with Gasteiger partial charge in [0.05, 0.1) is 16.6 Å². The van der Waals surface area contributed by atoms with Crippen LogP contribution in [0.4, 0.5) is 5.69 Å². The van der Waals surface area contributed by atoms with Gasteiger partial charge in [-0.1, -0.05) is 17.7 Å². The van der Waals surface area contributed by atoms with Crippen molar-refractivity contribution >= 4 is 23.2 Å². The molecular weight excluding hydrogens is 248 g/mol. The largest absolute Gasteiger partial charge is 0.324 e. The van der Waals surface area contributed by atoms with Gasteiger partial charge in [-0.2, -0.15) is 0 Å². The van der Waals surface area contributed by atoms with E-state index in [9.17, 15) is 4.79 Å². The summed E-state index contributed by atoms with van der Waals surface area (Å²) in [5, 5.41) is 6.83. The predicted molar refractivity (Wildman–Crippen MR) is 75.1 cm³/mol. The van der Waals surface area contributed by atoms with Gasteiger partial charge in [0.25, 0.3) is 0 Å². The number of hydrogen-bond acceptors (Lipinski definition) is 2. The number of carbonyl (C=O) groups is 1. The van der Waals surface area contributed by atoms with Crippen molar-refractivity contribution in [2.24, 2.45) is 5.92 Å². The van der Waals surface area contributed by atoms with Crippen LogP contribution in [0, 0.1) is 19.8 Å². The Morgan fingerprint density at radius 1 is 1.44 bits per heavy atom. The summed E-state index contributed by atoms with van der Waals surface area (Å²) in [6.07, 6.45) is 2.00. The van der Waals surface area contributed by atoms with Crippen LogP contribution in [-0.4, -0.2) is 19.0 Å². The highest BCUT2D eigenvalue weighted by atomic mass is 35.5. The highest BCUT2D eigenvalue weighted by Crippen LogP contribution is 2.28. The number of halogens is 1. The zero-order valence-electron chi connectivity index (χ0n) is 10.8. The topological polar surface area (TPSA) is 41.1 Å². The van der Waals surface area contributed by atoms with Gasteiger partial charge in [-0.15, -0.1) is 0 Å². The number of aryl methyl sites for hydroxylation is 2. The third-order valence-electron chi connectivity index (χ3n) is 3.35. The van der Waals surface area contributed by atoms with Crippen LogP contribution in [0.5, 0.6) is 0 Å². The molecule has 98 valence electrons. The van der Waals surface area contributed by atoms with Gasteiger partial charge in [-0.25, -0.2) is 0 Å². The lowest BCUT2D eigenvalue weighted by Crippen LogP contribution is -2.37. The lowest BCUT2D eigenvalue weighted by molar-refractivity contribution is -0.120. The first-order valence-corrected chi connectivity index (χ1v) is 6.74. The van der Waals surface area contributed by atoms with E-state index in [0.717, 1.165) is 42.7 Å². The normalized spacial score (nSPS) is 19.6. The maximum Gasteiger partial charge on any atom is 0.228 e. The summed E-state index contributed by atoms with van der Waals surface area (Å²) < 4.78 is 0. The minimum absolute atomic E-state index is 0.0514. The second kappa shape index (κ2) is 5.72. The van der Waals surface area contributed by atoms with E-state index < -0.39 is 0 Å². The Labute approximate surface area is 113 Å². The number of carbonyl (C=O) groups excluding carboxylic acids is 1. The molecule has 1 fully saturated rings. The van der Waals surface area contributed by atoms with E-state index in [2.05, 4.69) is 10.6 Å². The molecule has 0 aromatic heterocycles.